The zero-order valence-corrected chi connectivity index (χ0v) is 13.8. The lowest BCUT2D eigenvalue weighted by molar-refractivity contribution is 0.230. The third-order valence-electron chi connectivity index (χ3n) is 4.78. The van der Waals surface area contributed by atoms with E-state index in [2.05, 4.69) is 26.1 Å². The molecule has 0 aromatic rings. The first-order valence-electron chi connectivity index (χ1n) is 7.94. The molecule has 0 aromatic carbocycles. The summed E-state index contributed by atoms with van der Waals surface area (Å²) in [4.78, 5) is 0. The Morgan fingerprint density at radius 1 is 1.15 bits per heavy atom. The van der Waals surface area contributed by atoms with Crippen LogP contribution in [0.4, 0.5) is 0 Å². The van der Waals surface area contributed by atoms with Crippen molar-refractivity contribution in [2.45, 2.75) is 46.1 Å². The molecule has 5 nitrogen and oxygen atoms in total. The number of piperidine rings is 1. The third-order valence-corrected chi connectivity index (χ3v) is 6.80. The molecule has 3 unspecified atom stereocenters. The molecule has 0 saturated carbocycles. The van der Waals surface area contributed by atoms with Gasteiger partial charge in [0.1, 0.15) is 0 Å². The monoisotopic (exact) mass is 303 g/mol. The Balaban J connectivity index is 2.09. The van der Waals surface area contributed by atoms with Gasteiger partial charge in [0.15, 0.2) is 0 Å². The summed E-state index contributed by atoms with van der Waals surface area (Å²) >= 11 is 0. The van der Waals surface area contributed by atoms with Crippen molar-refractivity contribution < 1.29 is 8.42 Å². The molecule has 6 heteroatoms. The second-order valence-electron chi connectivity index (χ2n) is 6.35. The smallest absolute Gasteiger partial charge is 0.282 e. The maximum atomic E-state index is 12.9. The van der Waals surface area contributed by atoms with Gasteiger partial charge in [-0.05, 0) is 31.2 Å². The molecule has 0 amide bonds. The van der Waals surface area contributed by atoms with Gasteiger partial charge in [-0.15, -0.1) is 0 Å². The van der Waals surface area contributed by atoms with E-state index in [-0.39, 0.29) is 6.04 Å². The number of hydrogen-bond donors (Lipinski definition) is 1. The molecule has 2 heterocycles. The van der Waals surface area contributed by atoms with E-state index in [9.17, 15) is 8.42 Å². The highest BCUT2D eigenvalue weighted by molar-refractivity contribution is 7.86. The van der Waals surface area contributed by atoms with Crippen molar-refractivity contribution in [1.29, 1.82) is 0 Å². The van der Waals surface area contributed by atoms with Crippen LogP contribution in [0.3, 0.4) is 0 Å². The Bertz CT molecular complexity index is 403. The van der Waals surface area contributed by atoms with Crippen molar-refractivity contribution in [3.63, 3.8) is 0 Å². The molecule has 118 valence electrons. The number of nitrogens with zero attached hydrogens (tertiary/aromatic N) is 2. The molecule has 20 heavy (non-hydrogen) atoms. The quantitative estimate of drug-likeness (QED) is 0.832. The lowest BCUT2D eigenvalue weighted by Crippen LogP contribution is -2.53. The van der Waals surface area contributed by atoms with E-state index in [0.29, 0.717) is 31.5 Å². The van der Waals surface area contributed by atoms with Crippen molar-refractivity contribution in [1.82, 2.24) is 13.9 Å². The average molecular weight is 303 g/mol. The summed E-state index contributed by atoms with van der Waals surface area (Å²) in [5.74, 6) is 0.920. The molecule has 2 saturated heterocycles. The van der Waals surface area contributed by atoms with Crippen LogP contribution >= 0.6 is 0 Å². The molecule has 0 aromatic heterocycles. The Morgan fingerprint density at radius 3 is 2.40 bits per heavy atom. The first-order valence-corrected chi connectivity index (χ1v) is 9.34. The van der Waals surface area contributed by atoms with Crippen molar-refractivity contribution >= 4 is 10.2 Å². The second kappa shape index (κ2) is 6.73. The fourth-order valence-electron chi connectivity index (χ4n) is 3.21. The van der Waals surface area contributed by atoms with E-state index in [1.54, 1.807) is 8.61 Å². The van der Waals surface area contributed by atoms with Gasteiger partial charge in [-0.3, -0.25) is 0 Å². The van der Waals surface area contributed by atoms with Crippen LogP contribution in [0.5, 0.6) is 0 Å². The molecule has 0 radical (unpaired) electrons. The van der Waals surface area contributed by atoms with Crippen molar-refractivity contribution in [2.24, 2.45) is 11.8 Å². The van der Waals surface area contributed by atoms with Gasteiger partial charge in [0, 0.05) is 32.2 Å². The minimum absolute atomic E-state index is 0.125. The minimum Gasteiger partial charge on any atom is -0.315 e. The zero-order chi connectivity index (χ0) is 14.8. The Hall–Kier alpha value is -0.170. The highest BCUT2D eigenvalue weighted by Gasteiger charge is 2.40. The van der Waals surface area contributed by atoms with E-state index in [4.69, 9.17) is 0 Å². The van der Waals surface area contributed by atoms with Gasteiger partial charge >= 0.3 is 0 Å². The van der Waals surface area contributed by atoms with E-state index >= 15 is 0 Å². The number of likely N-dealkylation sites (N-methyl/N-ethyl adjacent to an activating group) is 1. The third kappa shape index (κ3) is 3.35. The molecule has 2 fully saturated rings. The van der Waals surface area contributed by atoms with E-state index in [0.717, 1.165) is 32.4 Å². The van der Waals surface area contributed by atoms with Crippen LogP contribution in [0.1, 0.15) is 40.0 Å². The summed E-state index contributed by atoms with van der Waals surface area (Å²) in [5.41, 5.74) is 0. The van der Waals surface area contributed by atoms with Crippen molar-refractivity contribution in [2.75, 3.05) is 32.7 Å². The molecule has 0 spiro atoms. The molecule has 3 atom stereocenters. The minimum atomic E-state index is -3.28. The van der Waals surface area contributed by atoms with Gasteiger partial charge in [0.2, 0.25) is 0 Å². The van der Waals surface area contributed by atoms with Crippen LogP contribution in [-0.2, 0) is 10.2 Å². The first kappa shape index (κ1) is 16.2. The SMILES string of the molecule is CCNCC1CCCCN1S(=O)(=O)N1CC(C)C(C)C1. The Kier molecular flexibility index (Phi) is 5.45. The lowest BCUT2D eigenvalue weighted by Gasteiger charge is -2.37. The highest BCUT2D eigenvalue weighted by Crippen LogP contribution is 2.29. The van der Waals surface area contributed by atoms with Gasteiger partial charge in [-0.2, -0.15) is 17.0 Å². The van der Waals surface area contributed by atoms with Crippen LogP contribution in [0.2, 0.25) is 0 Å². The topological polar surface area (TPSA) is 52.7 Å². The molecule has 1 N–H and O–H groups in total. The largest absolute Gasteiger partial charge is 0.315 e. The van der Waals surface area contributed by atoms with E-state index in [1.165, 1.54) is 0 Å². The van der Waals surface area contributed by atoms with Crippen LogP contribution in [0.15, 0.2) is 0 Å². The van der Waals surface area contributed by atoms with E-state index in [1.807, 2.05) is 0 Å². The van der Waals surface area contributed by atoms with Crippen LogP contribution < -0.4 is 5.32 Å². The van der Waals surface area contributed by atoms with Crippen molar-refractivity contribution in [3.05, 3.63) is 0 Å². The number of rotatable bonds is 5. The summed E-state index contributed by atoms with van der Waals surface area (Å²) in [6.07, 6.45) is 3.10. The average Bonchev–Trinajstić information content (AvgIpc) is 2.77. The standard InChI is InChI=1S/C14H29N3O2S/c1-4-15-9-14-7-5-6-8-17(14)20(18,19)16-10-12(2)13(3)11-16/h12-15H,4-11H2,1-3H3. The summed E-state index contributed by atoms with van der Waals surface area (Å²) in [6, 6.07) is 0.125. The summed E-state index contributed by atoms with van der Waals surface area (Å²) in [7, 11) is -3.28. The normalized spacial score (nSPS) is 33.6. The van der Waals surface area contributed by atoms with E-state index < -0.39 is 10.2 Å². The first-order chi connectivity index (χ1) is 9.46. The van der Waals surface area contributed by atoms with Gasteiger partial charge in [-0.1, -0.05) is 27.2 Å². The molecular weight excluding hydrogens is 274 g/mol. The summed E-state index contributed by atoms with van der Waals surface area (Å²) in [6.45, 7) is 10.0. The van der Waals surface area contributed by atoms with Crippen LogP contribution in [0.25, 0.3) is 0 Å². The van der Waals surface area contributed by atoms with Crippen LogP contribution in [0, 0.1) is 11.8 Å². The molecule has 2 aliphatic heterocycles. The zero-order valence-electron chi connectivity index (χ0n) is 13.0. The van der Waals surface area contributed by atoms with Gasteiger partial charge < -0.3 is 5.32 Å². The number of nitrogens with one attached hydrogen (secondary N) is 1. The lowest BCUT2D eigenvalue weighted by atomic mass is 10.0. The molecule has 2 aliphatic rings. The Labute approximate surface area is 123 Å². The molecular formula is C14H29N3O2S. The highest BCUT2D eigenvalue weighted by atomic mass is 32.2. The second-order valence-corrected chi connectivity index (χ2v) is 8.23. The predicted molar refractivity (Wildman–Crippen MR) is 81.7 cm³/mol. The maximum absolute atomic E-state index is 12.9. The van der Waals surface area contributed by atoms with Crippen LogP contribution in [-0.4, -0.2) is 55.8 Å². The number of hydrogen-bond acceptors (Lipinski definition) is 3. The van der Waals surface area contributed by atoms with Gasteiger partial charge in [0.25, 0.3) is 10.2 Å². The molecule has 0 bridgehead atoms. The maximum Gasteiger partial charge on any atom is 0.282 e. The summed E-state index contributed by atoms with van der Waals surface area (Å²) in [5, 5.41) is 3.30. The Morgan fingerprint density at radius 2 is 1.80 bits per heavy atom. The van der Waals surface area contributed by atoms with Gasteiger partial charge in [-0.25, -0.2) is 0 Å². The predicted octanol–water partition coefficient (Wildman–Crippen LogP) is 1.28. The molecule has 0 aliphatic carbocycles. The van der Waals surface area contributed by atoms with Crippen molar-refractivity contribution in [3.8, 4) is 0 Å². The van der Waals surface area contributed by atoms with Gasteiger partial charge in [0.05, 0.1) is 0 Å². The molecule has 2 rings (SSSR count). The fraction of sp³-hybridized carbons (Fsp3) is 1.00. The summed E-state index contributed by atoms with van der Waals surface area (Å²) < 4.78 is 29.2. The fourth-order valence-corrected chi connectivity index (χ4v) is 5.27.